The zero-order valence-electron chi connectivity index (χ0n) is 19.4. The average Bonchev–Trinajstić information content (AvgIpc) is 3.09. The second-order valence-corrected chi connectivity index (χ2v) is 7.02. The number of likely N-dealkylation sites (N-methyl/N-ethyl adjacent to an activating group) is 1. The van der Waals surface area contributed by atoms with E-state index < -0.39 is 18.5 Å². The topological polar surface area (TPSA) is 107 Å². The number of hydrogen-bond donors (Lipinski definition) is 1. The molecule has 0 saturated carbocycles. The van der Waals surface area contributed by atoms with E-state index in [0.717, 1.165) is 5.56 Å². The maximum atomic E-state index is 12.7. The Morgan fingerprint density at radius 2 is 1.66 bits per heavy atom. The van der Waals surface area contributed by atoms with Gasteiger partial charge in [0.25, 0.3) is 5.91 Å². The van der Waals surface area contributed by atoms with Gasteiger partial charge in [-0.2, -0.15) is 0 Å². The van der Waals surface area contributed by atoms with Crippen LogP contribution in [0.15, 0.2) is 18.2 Å². The summed E-state index contributed by atoms with van der Waals surface area (Å²) >= 11 is 0. The predicted molar refractivity (Wildman–Crippen MR) is 117 cm³/mol. The summed E-state index contributed by atoms with van der Waals surface area (Å²) in [5.74, 6) is -0.403. The maximum absolute atomic E-state index is 12.7. The van der Waals surface area contributed by atoms with Crippen molar-refractivity contribution < 1.29 is 33.3 Å². The van der Waals surface area contributed by atoms with Gasteiger partial charge in [-0.15, -0.1) is 0 Å². The first-order chi connectivity index (χ1) is 15.3. The fourth-order valence-corrected chi connectivity index (χ4v) is 3.33. The van der Waals surface area contributed by atoms with Gasteiger partial charge in [-0.1, -0.05) is 6.07 Å². The number of carbonyl (C=O) groups is 3. The molecule has 0 fully saturated rings. The molecule has 174 valence electrons. The molecule has 1 amide bonds. The zero-order chi connectivity index (χ0) is 23.8. The van der Waals surface area contributed by atoms with Crippen molar-refractivity contribution in [3.63, 3.8) is 0 Å². The van der Waals surface area contributed by atoms with Crippen molar-refractivity contribution >= 4 is 17.8 Å². The van der Waals surface area contributed by atoms with Gasteiger partial charge in [0.1, 0.15) is 5.69 Å². The van der Waals surface area contributed by atoms with Gasteiger partial charge in [-0.25, -0.2) is 9.59 Å². The SMILES string of the molecule is CCOC(=O)c1[nH]c(C)c(C(=O)OCC(=O)N(CC)Cc2ccc(OC)c(OC)c2)c1C. The first-order valence-corrected chi connectivity index (χ1v) is 10.3. The number of methoxy groups -OCH3 is 2. The van der Waals surface area contributed by atoms with E-state index in [1.54, 1.807) is 52.0 Å². The minimum absolute atomic E-state index is 0.200. The number of benzene rings is 1. The number of esters is 2. The van der Waals surface area contributed by atoms with E-state index in [4.69, 9.17) is 18.9 Å². The Morgan fingerprint density at radius 1 is 0.969 bits per heavy atom. The van der Waals surface area contributed by atoms with Crippen LogP contribution in [0.2, 0.25) is 0 Å². The molecule has 0 unspecified atom stereocenters. The molecule has 1 aromatic carbocycles. The van der Waals surface area contributed by atoms with E-state index in [9.17, 15) is 14.4 Å². The molecule has 9 heteroatoms. The van der Waals surface area contributed by atoms with Crippen LogP contribution in [0, 0.1) is 13.8 Å². The van der Waals surface area contributed by atoms with Crippen LogP contribution >= 0.6 is 0 Å². The smallest absolute Gasteiger partial charge is 0.355 e. The van der Waals surface area contributed by atoms with E-state index in [-0.39, 0.29) is 23.8 Å². The van der Waals surface area contributed by atoms with E-state index in [1.165, 1.54) is 0 Å². The Hall–Kier alpha value is -3.49. The molecule has 2 rings (SSSR count). The maximum Gasteiger partial charge on any atom is 0.355 e. The lowest BCUT2D eigenvalue weighted by Crippen LogP contribution is -2.34. The Balaban J connectivity index is 2.06. The molecule has 1 aromatic heterocycles. The number of aromatic nitrogens is 1. The van der Waals surface area contributed by atoms with Crippen LogP contribution in [0.5, 0.6) is 11.5 Å². The van der Waals surface area contributed by atoms with E-state index in [2.05, 4.69) is 4.98 Å². The van der Waals surface area contributed by atoms with E-state index in [0.29, 0.717) is 35.8 Å². The molecule has 1 heterocycles. The van der Waals surface area contributed by atoms with Gasteiger partial charge in [-0.05, 0) is 51.0 Å². The van der Waals surface area contributed by atoms with E-state index in [1.807, 2.05) is 13.0 Å². The van der Waals surface area contributed by atoms with Gasteiger partial charge >= 0.3 is 11.9 Å². The van der Waals surface area contributed by atoms with Crippen LogP contribution in [-0.2, 0) is 20.8 Å². The molecule has 32 heavy (non-hydrogen) atoms. The lowest BCUT2D eigenvalue weighted by Gasteiger charge is -2.21. The normalized spacial score (nSPS) is 10.4. The Labute approximate surface area is 187 Å². The summed E-state index contributed by atoms with van der Waals surface area (Å²) in [7, 11) is 3.10. The molecule has 0 aliphatic carbocycles. The lowest BCUT2D eigenvalue weighted by atomic mass is 10.1. The molecule has 0 spiro atoms. The second-order valence-electron chi connectivity index (χ2n) is 7.02. The zero-order valence-corrected chi connectivity index (χ0v) is 19.4. The predicted octanol–water partition coefficient (Wildman–Crippen LogP) is 3.03. The highest BCUT2D eigenvalue weighted by atomic mass is 16.5. The summed E-state index contributed by atoms with van der Waals surface area (Å²) in [6.07, 6.45) is 0. The monoisotopic (exact) mass is 446 g/mol. The number of carbonyl (C=O) groups excluding carboxylic acids is 3. The standard InChI is InChI=1S/C23H30N2O7/c1-7-25(12-16-9-10-17(29-5)18(11-16)30-6)19(26)13-32-22(27)20-14(3)21(24-15(20)4)23(28)31-8-2/h9-11,24H,7-8,12-13H2,1-6H3. The number of nitrogens with one attached hydrogen (secondary N) is 1. The second kappa shape index (κ2) is 11.2. The molecule has 2 aromatic rings. The highest BCUT2D eigenvalue weighted by Crippen LogP contribution is 2.28. The molecular formula is C23H30N2O7. The summed E-state index contributed by atoms with van der Waals surface area (Å²) in [4.78, 5) is 41.7. The van der Waals surface area contributed by atoms with Crippen molar-refractivity contribution in [3.05, 3.63) is 46.3 Å². The van der Waals surface area contributed by atoms with Crippen molar-refractivity contribution in [2.24, 2.45) is 0 Å². The number of nitrogens with zero attached hydrogens (tertiary/aromatic N) is 1. The summed E-state index contributed by atoms with van der Waals surface area (Å²) in [6.45, 7) is 7.38. The first-order valence-electron chi connectivity index (χ1n) is 10.3. The van der Waals surface area contributed by atoms with Crippen LogP contribution in [0.25, 0.3) is 0 Å². The highest BCUT2D eigenvalue weighted by molar-refractivity contribution is 5.99. The molecule has 0 atom stereocenters. The van der Waals surface area contributed by atoms with Crippen molar-refractivity contribution in [3.8, 4) is 11.5 Å². The molecule has 0 bridgehead atoms. The average molecular weight is 447 g/mol. The largest absolute Gasteiger partial charge is 0.493 e. The number of amides is 1. The highest BCUT2D eigenvalue weighted by Gasteiger charge is 2.25. The summed E-state index contributed by atoms with van der Waals surface area (Å²) < 4.78 is 20.8. The Kier molecular flexibility index (Phi) is 8.69. The first kappa shape index (κ1) is 24.8. The van der Waals surface area contributed by atoms with Crippen LogP contribution in [-0.4, -0.2) is 61.7 Å². The van der Waals surface area contributed by atoms with Gasteiger partial charge in [-0.3, -0.25) is 4.79 Å². The molecule has 0 radical (unpaired) electrons. The quantitative estimate of drug-likeness (QED) is 0.559. The van der Waals surface area contributed by atoms with Crippen molar-refractivity contribution in [1.82, 2.24) is 9.88 Å². The molecule has 0 saturated heterocycles. The summed E-state index contributed by atoms with van der Waals surface area (Å²) in [5.41, 5.74) is 2.17. The third-order valence-electron chi connectivity index (χ3n) is 5.00. The third-order valence-corrected chi connectivity index (χ3v) is 5.00. The number of hydrogen-bond acceptors (Lipinski definition) is 7. The summed E-state index contributed by atoms with van der Waals surface area (Å²) in [6, 6.07) is 5.40. The van der Waals surface area contributed by atoms with Crippen LogP contribution in [0.1, 0.15) is 51.5 Å². The van der Waals surface area contributed by atoms with Crippen molar-refractivity contribution in [2.45, 2.75) is 34.2 Å². The fourth-order valence-electron chi connectivity index (χ4n) is 3.33. The van der Waals surface area contributed by atoms with Gasteiger partial charge in [0.2, 0.25) is 0 Å². The molecule has 0 aliphatic heterocycles. The van der Waals surface area contributed by atoms with Crippen molar-refractivity contribution in [2.75, 3.05) is 34.0 Å². The number of ether oxygens (including phenoxy) is 4. The van der Waals surface area contributed by atoms with Gasteiger partial charge in [0.15, 0.2) is 18.1 Å². The minimum Gasteiger partial charge on any atom is -0.493 e. The molecule has 9 nitrogen and oxygen atoms in total. The van der Waals surface area contributed by atoms with Crippen LogP contribution in [0.4, 0.5) is 0 Å². The molecule has 0 aliphatic rings. The number of aromatic amines is 1. The molecule has 1 N–H and O–H groups in total. The van der Waals surface area contributed by atoms with Crippen molar-refractivity contribution in [1.29, 1.82) is 0 Å². The van der Waals surface area contributed by atoms with E-state index >= 15 is 0 Å². The minimum atomic E-state index is -0.678. The number of H-pyrrole nitrogens is 1. The number of rotatable bonds is 10. The summed E-state index contributed by atoms with van der Waals surface area (Å²) in [5, 5.41) is 0. The van der Waals surface area contributed by atoms with Gasteiger partial charge < -0.3 is 28.8 Å². The fraction of sp³-hybridized carbons (Fsp3) is 0.435. The Morgan fingerprint density at radius 3 is 2.25 bits per heavy atom. The van der Waals surface area contributed by atoms with Crippen LogP contribution < -0.4 is 9.47 Å². The van der Waals surface area contributed by atoms with Gasteiger partial charge in [0.05, 0.1) is 26.4 Å². The molecular weight excluding hydrogens is 416 g/mol. The number of aryl methyl sites for hydroxylation is 1. The lowest BCUT2D eigenvalue weighted by molar-refractivity contribution is -0.134. The Bertz CT molecular complexity index is 981. The van der Waals surface area contributed by atoms with Gasteiger partial charge in [0, 0.05) is 18.8 Å². The van der Waals surface area contributed by atoms with Crippen LogP contribution in [0.3, 0.4) is 0 Å². The third kappa shape index (κ3) is 5.60.